The van der Waals surface area contributed by atoms with Crippen molar-refractivity contribution in [1.29, 1.82) is 0 Å². The van der Waals surface area contributed by atoms with Gasteiger partial charge in [0.1, 0.15) is 0 Å². The number of piperidine rings is 1. The first-order valence-electron chi connectivity index (χ1n) is 8.14. The maximum atomic E-state index is 11.8. The second-order valence-corrected chi connectivity index (χ2v) is 6.52. The zero-order valence-corrected chi connectivity index (χ0v) is 12.3. The van der Waals surface area contributed by atoms with Crippen LogP contribution in [0.25, 0.3) is 0 Å². The summed E-state index contributed by atoms with van der Waals surface area (Å²) in [7, 11) is 0. The van der Waals surface area contributed by atoms with Crippen molar-refractivity contribution in [2.24, 2.45) is 0 Å². The molecule has 2 saturated heterocycles. The Kier molecular flexibility index (Phi) is 3.41. The van der Waals surface area contributed by atoms with Gasteiger partial charge in [-0.25, -0.2) is 0 Å². The smallest absolute Gasteiger partial charge is 0.229 e. The third-order valence-corrected chi connectivity index (χ3v) is 4.88. The first kappa shape index (κ1) is 13.2. The van der Waals surface area contributed by atoms with Crippen molar-refractivity contribution in [1.82, 2.24) is 19.9 Å². The largest absolute Gasteiger partial charge is 0.340 e. The van der Waals surface area contributed by atoms with E-state index in [0.29, 0.717) is 17.9 Å². The molecule has 4 rings (SSSR count). The van der Waals surface area contributed by atoms with Crippen LogP contribution in [0.2, 0.25) is 0 Å². The molecule has 2 aliphatic heterocycles. The van der Waals surface area contributed by atoms with Gasteiger partial charge in [-0.05, 0) is 32.1 Å². The number of carbonyl (C=O) groups is 1. The highest BCUT2D eigenvalue weighted by molar-refractivity contribution is 5.78. The van der Waals surface area contributed by atoms with Gasteiger partial charge in [-0.3, -0.25) is 9.69 Å². The molecule has 21 heavy (non-hydrogen) atoms. The van der Waals surface area contributed by atoms with Gasteiger partial charge in [0.25, 0.3) is 0 Å². The average molecular weight is 290 g/mol. The molecule has 1 aromatic heterocycles. The number of likely N-dealkylation sites (tertiary alicyclic amines) is 2. The summed E-state index contributed by atoms with van der Waals surface area (Å²) in [4.78, 5) is 20.8. The van der Waals surface area contributed by atoms with Crippen LogP contribution in [0.1, 0.15) is 56.2 Å². The molecule has 3 aliphatic rings. The summed E-state index contributed by atoms with van der Waals surface area (Å²) < 4.78 is 5.31. The van der Waals surface area contributed by atoms with E-state index in [0.717, 1.165) is 63.6 Å². The SMILES string of the molecule is O=C1CCCN1C1CCN(Cc2noc(C3CC3)n2)CC1. The quantitative estimate of drug-likeness (QED) is 0.841. The second-order valence-electron chi connectivity index (χ2n) is 6.52. The van der Waals surface area contributed by atoms with E-state index < -0.39 is 0 Å². The van der Waals surface area contributed by atoms with E-state index >= 15 is 0 Å². The Labute approximate surface area is 124 Å². The predicted octanol–water partition coefficient (Wildman–Crippen LogP) is 1.53. The van der Waals surface area contributed by atoms with E-state index in [2.05, 4.69) is 19.9 Å². The van der Waals surface area contributed by atoms with Crippen molar-refractivity contribution in [3.63, 3.8) is 0 Å². The summed E-state index contributed by atoms with van der Waals surface area (Å²) in [5, 5.41) is 4.09. The third kappa shape index (κ3) is 2.81. The van der Waals surface area contributed by atoms with Gasteiger partial charge < -0.3 is 9.42 Å². The van der Waals surface area contributed by atoms with Crippen LogP contribution in [0.15, 0.2) is 4.52 Å². The molecular weight excluding hydrogens is 268 g/mol. The van der Waals surface area contributed by atoms with E-state index in [1.807, 2.05) is 0 Å². The normalized spacial score (nSPS) is 25.0. The van der Waals surface area contributed by atoms with Crippen molar-refractivity contribution < 1.29 is 9.32 Å². The summed E-state index contributed by atoms with van der Waals surface area (Å²) in [5.41, 5.74) is 0. The van der Waals surface area contributed by atoms with Crippen LogP contribution < -0.4 is 0 Å². The Morgan fingerprint density at radius 3 is 2.62 bits per heavy atom. The third-order valence-electron chi connectivity index (χ3n) is 4.88. The second kappa shape index (κ2) is 5.40. The molecule has 0 unspecified atom stereocenters. The summed E-state index contributed by atoms with van der Waals surface area (Å²) in [5.74, 6) is 2.51. The van der Waals surface area contributed by atoms with E-state index in [-0.39, 0.29) is 0 Å². The highest BCUT2D eigenvalue weighted by Gasteiger charge is 2.32. The molecule has 3 fully saturated rings. The summed E-state index contributed by atoms with van der Waals surface area (Å²) >= 11 is 0. The Morgan fingerprint density at radius 1 is 1.14 bits per heavy atom. The minimum atomic E-state index is 0.348. The van der Waals surface area contributed by atoms with Gasteiger partial charge >= 0.3 is 0 Å². The molecule has 0 aromatic carbocycles. The summed E-state index contributed by atoms with van der Waals surface area (Å²) in [6.07, 6.45) is 6.30. The Bertz CT molecular complexity index is 517. The monoisotopic (exact) mass is 290 g/mol. The number of nitrogens with zero attached hydrogens (tertiary/aromatic N) is 4. The highest BCUT2D eigenvalue weighted by Crippen LogP contribution is 2.38. The minimum Gasteiger partial charge on any atom is -0.340 e. The van der Waals surface area contributed by atoms with Crippen LogP contribution in [-0.2, 0) is 11.3 Å². The fourth-order valence-electron chi connectivity index (χ4n) is 3.47. The molecule has 6 heteroatoms. The van der Waals surface area contributed by atoms with Gasteiger partial charge in [0.15, 0.2) is 5.82 Å². The maximum Gasteiger partial charge on any atom is 0.229 e. The Balaban J connectivity index is 1.29. The van der Waals surface area contributed by atoms with Gasteiger partial charge in [-0.2, -0.15) is 4.98 Å². The molecule has 1 aliphatic carbocycles. The van der Waals surface area contributed by atoms with Crippen molar-refractivity contribution in [2.75, 3.05) is 19.6 Å². The highest BCUT2D eigenvalue weighted by atomic mass is 16.5. The molecule has 0 atom stereocenters. The number of carbonyl (C=O) groups excluding carboxylic acids is 1. The zero-order valence-electron chi connectivity index (χ0n) is 12.3. The predicted molar refractivity (Wildman–Crippen MR) is 75.5 cm³/mol. The molecule has 1 aromatic rings. The van der Waals surface area contributed by atoms with E-state index in [4.69, 9.17) is 4.52 Å². The fraction of sp³-hybridized carbons (Fsp3) is 0.800. The molecule has 0 spiro atoms. The first-order valence-corrected chi connectivity index (χ1v) is 8.14. The molecular formula is C15H22N4O2. The number of rotatable bonds is 4. The summed E-state index contributed by atoms with van der Waals surface area (Å²) in [6, 6.07) is 0.448. The molecule has 0 bridgehead atoms. The standard InChI is InChI=1S/C15H22N4O2/c20-14-2-1-7-19(14)12-5-8-18(9-6-12)10-13-16-15(21-17-13)11-3-4-11/h11-12H,1-10H2. The molecule has 1 amide bonds. The lowest BCUT2D eigenvalue weighted by Gasteiger charge is -2.36. The maximum absolute atomic E-state index is 11.8. The van der Waals surface area contributed by atoms with Gasteiger partial charge in [0.2, 0.25) is 11.8 Å². The molecule has 0 N–H and O–H groups in total. The minimum absolute atomic E-state index is 0.348. The van der Waals surface area contributed by atoms with Crippen LogP contribution in [0.5, 0.6) is 0 Å². The van der Waals surface area contributed by atoms with Gasteiger partial charge in [0.05, 0.1) is 6.54 Å². The Hall–Kier alpha value is -1.43. The van der Waals surface area contributed by atoms with Crippen molar-refractivity contribution in [3.8, 4) is 0 Å². The summed E-state index contributed by atoms with van der Waals surface area (Å²) in [6.45, 7) is 3.76. The molecule has 6 nitrogen and oxygen atoms in total. The molecule has 114 valence electrons. The molecule has 1 saturated carbocycles. The average Bonchev–Trinajstić information content (AvgIpc) is 3.10. The van der Waals surface area contributed by atoms with E-state index in [9.17, 15) is 4.79 Å². The Morgan fingerprint density at radius 2 is 1.95 bits per heavy atom. The number of aromatic nitrogens is 2. The topological polar surface area (TPSA) is 62.5 Å². The number of amides is 1. The number of hydrogen-bond donors (Lipinski definition) is 0. The van der Waals surface area contributed by atoms with Crippen LogP contribution in [0.3, 0.4) is 0 Å². The van der Waals surface area contributed by atoms with Gasteiger partial charge in [-0.1, -0.05) is 5.16 Å². The van der Waals surface area contributed by atoms with Gasteiger partial charge in [0, 0.05) is 38.0 Å². The number of hydrogen-bond acceptors (Lipinski definition) is 5. The first-order chi connectivity index (χ1) is 10.3. The van der Waals surface area contributed by atoms with Crippen LogP contribution in [-0.4, -0.2) is 51.5 Å². The fourth-order valence-corrected chi connectivity index (χ4v) is 3.47. The van der Waals surface area contributed by atoms with Crippen LogP contribution >= 0.6 is 0 Å². The lowest BCUT2D eigenvalue weighted by atomic mass is 10.0. The van der Waals surface area contributed by atoms with E-state index in [1.54, 1.807) is 0 Å². The molecule has 3 heterocycles. The van der Waals surface area contributed by atoms with Crippen molar-refractivity contribution >= 4 is 5.91 Å². The van der Waals surface area contributed by atoms with Crippen LogP contribution in [0.4, 0.5) is 0 Å². The van der Waals surface area contributed by atoms with Gasteiger partial charge in [-0.15, -0.1) is 0 Å². The van der Waals surface area contributed by atoms with E-state index in [1.165, 1.54) is 12.8 Å². The lowest BCUT2D eigenvalue weighted by molar-refractivity contribution is -0.130. The zero-order chi connectivity index (χ0) is 14.2. The van der Waals surface area contributed by atoms with Crippen LogP contribution in [0, 0.1) is 0 Å². The lowest BCUT2D eigenvalue weighted by Crippen LogP contribution is -2.45. The molecule has 0 radical (unpaired) electrons. The van der Waals surface area contributed by atoms with Crippen molar-refractivity contribution in [3.05, 3.63) is 11.7 Å². The van der Waals surface area contributed by atoms with Crippen molar-refractivity contribution in [2.45, 2.75) is 57.0 Å².